The summed E-state index contributed by atoms with van der Waals surface area (Å²) >= 11 is 12.0. The van der Waals surface area contributed by atoms with Gasteiger partial charge in [0.05, 0.1) is 24.8 Å². The first-order valence-electron chi connectivity index (χ1n) is 6.14. The van der Waals surface area contributed by atoms with Gasteiger partial charge in [-0.15, -0.1) is 0 Å². The molecular weight excluding hydrogens is 273 g/mol. The Hall–Kier alpha value is -0.480. The Morgan fingerprint density at radius 2 is 2.00 bits per heavy atom. The lowest BCUT2D eigenvalue weighted by atomic mass is 10.3. The predicted molar refractivity (Wildman–Crippen MR) is 73.8 cm³/mol. The van der Waals surface area contributed by atoms with Crippen molar-refractivity contribution in [3.05, 3.63) is 28.2 Å². The topological polar surface area (TPSA) is 21.7 Å². The summed E-state index contributed by atoms with van der Waals surface area (Å²) in [6, 6.07) is 5.43. The van der Waals surface area contributed by atoms with Crippen LogP contribution in [-0.4, -0.2) is 44.4 Å². The Morgan fingerprint density at radius 1 is 1.22 bits per heavy atom. The zero-order valence-electron chi connectivity index (χ0n) is 10.2. The molecule has 0 aliphatic carbocycles. The van der Waals surface area contributed by atoms with Crippen molar-refractivity contribution < 1.29 is 9.47 Å². The third-order valence-electron chi connectivity index (χ3n) is 2.90. The fourth-order valence-corrected chi connectivity index (χ4v) is 2.24. The number of hydrogen-bond acceptors (Lipinski definition) is 3. The van der Waals surface area contributed by atoms with E-state index in [0.717, 1.165) is 39.3 Å². The van der Waals surface area contributed by atoms with E-state index in [0.29, 0.717) is 22.4 Å². The SMILES string of the molecule is Clc1cccc(OCCCN2CCOCC2)c1Cl. The van der Waals surface area contributed by atoms with Crippen LogP contribution in [0.5, 0.6) is 5.75 Å². The van der Waals surface area contributed by atoms with E-state index in [1.807, 2.05) is 12.1 Å². The van der Waals surface area contributed by atoms with Crippen molar-refractivity contribution in [2.45, 2.75) is 6.42 Å². The van der Waals surface area contributed by atoms with Crippen LogP contribution in [0.4, 0.5) is 0 Å². The van der Waals surface area contributed by atoms with Crippen molar-refractivity contribution in [3.8, 4) is 5.75 Å². The van der Waals surface area contributed by atoms with E-state index in [1.165, 1.54) is 0 Å². The van der Waals surface area contributed by atoms with Crippen LogP contribution in [0.1, 0.15) is 6.42 Å². The highest BCUT2D eigenvalue weighted by atomic mass is 35.5. The molecule has 18 heavy (non-hydrogen) atoms. The zero-order valence-corrected chi connectivity index (χ0v) is 11.7. The molecule has 1 aliphatic heterocycles. The molecule has 1 aliphatic rings. The summed E-state index contributed by atoms with van der Waals surface area (Å²) in [7, 11) is 0. The number of nitrogens with zero attached hydrogens (tertiary/aromatic N) is 1. The monoisotopic (exact) mass is 289 g/mol. The summed E-state index contributed by atoms with van der Waals surface area (Å²) in [5.74, 6) is 0.658. The van der Waals surface area contributed by atoms with Crippen LogP contribution in [0.2, 0.25) is 10.0 Å². The van der Waals surface area contributed by atoms with Crippen LogP contribution in [0.25, 0.3) is 0 Å². The maximum atomic E-state index is 6.04. The van der Waals surface area contributed by atoms with Gasteiger partial charge in [0.15, 0.2) is 0 Å². The molecule has 1 aromatic rings. The minimum Gasteiger partial charge on any atom is -0.492 e. The summed E-state index contributed by atoms with van der Waals surface area (Å²) < 4.78 is 10.9. The van der Waals surface area contributed by atoms with Gasteiger partial charge >= 0.3 is 0 Å². The third-order valence-corrected chi connectivity index (χ3v) is 3.70. The molecule has 0 saturated carbocycles. The molecule has 1 aromatic carbocycles. The minimum absolute atomic E-state index is 0.491. The quantitative estimate of drug-likeness (QED) is 0.778. The molecular formula is C13H17Cl2NO2. The van der Waals surface area contributed by atoms with Gasteiger partial charge in [-0.1, -0.05) is 29.3 Å². The van der Waals surface area contributed by atoms with E-state index in [1.54, 1.807) is 6.07 Å². The van der Waals surface area contributed by atoms with Gasteiger partial charge in [0, 0.05) is 19.6 Å². The fraction of sp³-hybridized carbons (Fsp3) is 0.538. The lowest BCUT2D eigenvalue weighted by Gasteiger charge is -2.26. The lowest BCUT2D eigenvalue weighted by molar-refractivity contribution is 0.0358. The molecule has 0 bridgehead atoms. The van der Waals surface area contributed by atoms with Gasteiger partial charge in [-0.25, -0.2) is 0 Å². The van der Waals surface area contributed by atoms with E-state index in [9.17, 15) is 0 Å². The normalized spacial score (nSPS) is 16.8. The summed E-state index contributed by atoms with van der Waals surface area (Å²) in [5, 5.41) is 1.02. The molecule has 1 saturated heterocycles. The summed E-state index contributed by atoms with van der Waals surface area (Å²) in [4.78, 5) is 2.38. The van der Waals surface area contributed by atoms with E-state index in [2.05, 4.69) is 4.90 Å². The second-order valence-corrected chi connectivity index (χ2v) is 4.99. The fourth-order valence-electron chi connectivity index (χ4n) is 1.89. The van der Waals surface area contributed by atoms with Gasteiger partial charge in [0.1, 0.15) is 10.8 Å². The van der Waals surface area contributed by atoms with E-state index >= 15 is 0 Å². The van der Waals surface area contributed by atoms with Gasteiger partial charge in [-0.05, 0) is 18.6 Å². The summed E-state index contributed by atoms with van der Waals surface area (Å²) in [6.45, 7) is 5.37. The largest absolute Gasteiger partial charge is 0.492 e. The molecule has 0 unspecified atom stereocenters. The third kappa shape index (κ3) is 4.02. The number of ether oxygens (including phenoxy) is 2. The Morgan fingerprint density at radius 3 is 2.78 bits per heavy atom. The van der Waals surface area contributed by atoms with Gasteiger partial charge < -0.3 is 9.47 Å². The molecule has 1 heterocycles. The van der Waals surface area contributed by atoms with Crippen LogP contribution in [0.15, 0.2) is 18.2 Å². The molecule has 0 atom stereocenters. The Balaban J connectivity index is 1.70. The molecule has 100 valence electrons. The first kappa shape index (κ1) is 13.9. The number of morpholine rings is 1. The number of benzene rings is 1. The molecule has 2 rings (SSSR count). The van der Waals surface area contributed by atoms with E-state index in [4.69, 9.17) is 32.7 Å². The van der Waals surface area contributed by atoms with Gasteiger partial charge in [-0.2, -0.15) is 0 Å². The zero-order chi connectivity index (χ0) is 12.8. The molecule has 1 fully saturated rings. The predicted octanol–water partition coefficient (Wildman–Crippen LogP) is 3.09. The Bertz CT molecular complexity index is 381. The molecule has 0 amide bonds. The summed E-state index contributed by atoms with van der Waals surface area (Å²) in [6.07, 6.45) is 0.975. The van der Waals surface area contributed by atoms with Crippen LogP contribution in [0, 0.1) is 0 Å². The van der Waals surface area contributed by atoms with Crippen LogP contribution >= 0.6 is 23.2 Å². The molecule has 0 spiro atoms. The van der Waals surface area contributed by atoms with Gasteiger partial charge in [-0.3, -0.25) is 4.90 Å². The van der Waals surface area contributed by atoms with Crippen molar-refractivity contribution >= 4 is 23.2 Å². The van der Waals surface area contributed by atoms with Crippen LogP contribution in [0.3, 0.4) is 0 Å². The Labute approximate surface area is 118 Å². The smallest absolute Gasteiger partial charge is 0.139 e. The first-order valence-corrected chi connectivity index (χ1v) is 6.90. The average Bonchev–Trinajstić information content (AvgIpc) is 2.40. The summed E-state index contributed by atoms with van der Waals surface area (Å²) in [5.41, 5.74) is 0. The lowest BCUT2D eigenvalue weighted by Crippen LogP contribution is -2.37. The molecule has 0 aromatic heterocycles. The molecule has 3 nitrogen and oxygen atoms in total. The van der Waals surface area contributed by atoms with Crippen LogP contribution < -0.4 is 4.74 Å². The van der Waals surface area contributed by atoms with Crippen molar-refractivity contribution in [2.24, 2.45) is 0 Å². The van der Waals surface area contributed by atoms with Crippen molar-refractivity contribution in [1.29, 1.82) is 0 Å². The maximum absolute atomic E-state index is 6.04. The maximum Gasteiger partial charge on any atom is 0.139 e. The highest BCUT2D eigenvalue weighted by Crippen LogP contribution is 2.31. The van der Waals surface area contributed by atoms with E-state index < -0.39 is 0 Å². The van der Waals surface area contributed by atoms with Gasteiger partial charge in [0.25, 0.3) is 0 Å². The van der Waals surface area contributed by atoms with E-state index in [-0.39, 0.29) is 0 Å². The van der Waals surface area contributed by atoms with Crippen molar-refractivity contribution in [2.75, 3.05) is 39.5 Å². The Kier molecular flexibility index (Phi) is 5.57. The first-order chi connectivity index (χ1) is 8.77. The van der Waals surface area contributed by atoms with Gasteiger partial charge in [0.2, 0.25) is 0 Å². The average molecular weight is 290 g/mol. The second kappa shape index (κ2) is 7.19. The molecule has 0 radical (unpaired) electrons. The van der Waals surface area contributed by atoms with Crippen molar-refractivity contribution in [3.63, 3.8) is 0 Å². The van der Waals surface area contributed by atoms with Crippen LogP contribution in [-0.2, 0) is 4.74 Å². The molecule has 5 heteroatoms. The minimum atomic E-state index is 0.491. The number of hydrogen-bond donors (Lipinski definition) is 0. The van der Waals surface area contributed by atoms with Crippen molar-refractivity contribution in [1.82, 2.24) is 4.90 Å². The number of halogens is 2. The highest BCUT2D eigenvalue weighted by Gasteiger charge is 2.10. The standard InChI is InChI=1S/C13H17Cl2NO2/c14-11-3-1-4-12(13(11)15)18-8-2-5-16-6-9-17-10-7-16/h1,3-4H,2,5-10H2. The second-order valence-electron chi connectivity index (χ2n) is 4.21. The molecule has 0 N–H and O–H groups in total. The number of rotatable bonds is 5. The highest BCUT2D eigenvalue weighted by molar-refractivity contribution is 6.42.